The summed E-state index contributed by atoms with van der Waals surface area (Å²) in [6, 6.07) is 7.51. The third-order valence-corrected chi connectivity index (χ3v) is 10.6. The molecule has 196 valence electrons. The van der Waals surface area contributed by atoms with Crippen molar-refractivity contribution >= 4 is 0 Å². The number of benzene rings is 1. The minimum absolute atomic E-state index is 0.187. The van der Waals surface area contributed by atoms with Gasteiger partial charge >= 0.3 is 0 Å². The number of unbranched alkanes of at least 4 members (excludes halogenated alkanes) is 2. The molecule has 0 saturated heterocycles. The Morgan fingerprint density at radius 1 is 0.771 bits per heavy atom. The van der Waals surface area contributed by atoms with E-state index in [1.165, 1.54) is 109 Å². The lowest BCUT2D eigenvalue weighted by atomic mass is 9.64. The van der Waals surface area contributed by atoms with Crippen LogP contribution in [-0.2, 0) is 12.8 Å². The standard InChI is InChI=1S/C34H54O/c1-4-6-7-8-26-9-22-34(27(5-2)23-26)33-20-18-32(19-21-33)31-16-14-30(15-17-31)29-12-10-28(11-13-29)25(3)24-35/h9,22-23,28-33,35H,3-8,10-21,24H2,1-2H3. The maximum Gasteiger partial charge on any atom is 0.0641 e. The Hall–Kier alpha value is -1.08. The molecule has 1 aromatic rings. The van der Waals surface area contributed by atoms with Crippen molar-refractivity contribution in [2.75, 3.05) is 6.61 Å². The third-order valence-electron chi connectivity index (χ3n) is 10.6. The van der Waals surface area contributed by atoms with Gasteiger partial charge in [0.1, 0.15) is 0 Å². The molecule has 0 unspecified atom stereocenters. The SMILES string of the molecule is C=C(CO)C1CCC(C2CCC(C3CCC(c4ccc(CCCCC)cc4CC)CC3)CC2)CC1. The van der Waals surface area contributed by atoms with Crippen molar-refractivity contribution in [3.8, 4) is 0 Å². The molecule has 0 aromatic heterocycles. The summed E-state index contributed by atoms with van der Waals surface area (Å²) >= 11 is 0. The minimum Gasteiger partial charge on any atom is -0.392 e. The number of aryl methyl sites for hydroxylation is 2. The minimum atomic E-state index is 0.187. The Bertz CT molecular complexity index is 770. The van der Waals surface area contributed by atoms with Crippen LogP contribution in [0.1, 0.15) is 133 Å². The lowest BCUT2D eigenvalue weighted by Crippen LogP contribution is -2.30. The summed E-state index contributed by atoms with van der Waals surface area (Å²) in [7, 11) is 0. The highest BCUT2D eigenvalue weighted by Gasteiger charge is 2.35. The Balaban J connectivity index is 1.22. The van der Waals surface area contributed by atoms with Gasteiger partial charge in [0.15, 0.2) is 0 Å². The quantitative estimate of drug-likeness (QED) is 0.262. The van der Waals surface area contributed by atoms with E-state index < -0.39 is 0 Å². The Morgan fingerprint density at radius 3 is 1.83 bits per heavy atom. The van der Waals surface area contributed by atoms with Crippen LogP contribution in [0.4, 0.5) is 0 Å². The second-order valence-corrected chi connectivity index (χ2v) is 12.6. The fraction of sp³-hybridized carbons (Fsp3) is 0.765. The average Bonchev–Trinajstić information content (AvgIpc) is 2.93. The van der Waals surface area contributed by atoms with Crippen LogP contribution < -0.4 is 0 Å². The number of aliphatic hydroxyl groups is 1. The van der Waals surface area contributed by atoms with E-state index in [0.717, 1.165) is 35.2 Å². The third kappa shape index (κ3) is 7.03. The maximum atomic E-state index is 9.41. The van der Waals surface area contributed by atoms with E-state index in [4.69, 9.17) is 0 Å². The molecule has 3 aliphatic rings. The van der Waals surface area contributed by atoms with Gasteiger partial charge in [-0.25, -0.2) is 0 Å². The van der Waals surface area contributed by atoms with E-state index in [2.05, 4.69) is 38.6 Å². The van der Waals surface area contributed by atoms with Crippen LogP contribution >= 0.6 is 0 Å². The summed E-state index contributed by atoms with van der Waals surface area (Å²) in [5.74, 6) is 5.33. The van der Waals surface area contributed by atoms with Crippen LogP contribution in [0.15, 0.2) is 30.4 Å². The fourth-order valence-corrected chi connectivity index (χ4v) is 8.22. The molecule has 3 fully saturated rings. The predicted octanol–water partition coefficient (Wildman–Crippen LogP) is 9.42. The normalized spacial score (nSPS) is 31.9. The monoisotopic (exact) mass is 478 g/mol. The van der Waals surface area contributed by atoms with Crippen molar-refractivity contribution < 1.29 is 5.11 Å². The van der Waals surface area contributed by atoms with Crippen LogP contribution in [0.25, 0.3) is 0 Å². The zero-order valence-electron chi connectivity index (χ0n) is 23.1. The van der Waals surface area contributed by atoms with Crippen LogP contribution in [0.3, 0.4) is 0 Å². The highest BCUT2D eigenvalue weighted by molar-refractivity contribution is 5.35. The van der Waals surface area contributed by atoms with Crippen LogP contribution in [0.5, 0.6) is 0 Å². The number of hydrogen-bond donors (Lipinski definition) is 1. The highest BCUT2D eigenvalue weighted by Crippen LogP contribution is 2.48. The second-order valence-electron chi connectivity index (χ2n) is 12.6. The van der Waals surface area contributed by atoms with Gasteiger partial charge in [0.05, 0.1) is 6.61 Å². The molecule has 0 atom stereocenters. The number of aliphatic hydroxyl groups excluding tert-OH is 1. The van der Waals surface area contributed by atoms with Gasteiger partial charge < -0.3 is 5.11 Å². The summed E-state index contributed by atoms with van der Waals surface area (Å²) in [5, 5.41) is 9.41. The molecule has 35 heavy (non-hydrogen) atoms. The van der Waals surface area contributed by atoms with Gasteiger partial charge in [0.25, 0.3) is 0 Å². The first-order valence-corrected chi connectivity index (χ1v) is 15.5. The van der Waals surface area contributed by atoms with Gasteiger partial charge in [-0.1, -0.05) is 51.5 Å². The lowest BCUT2D eigenvalue weighted by molar-refractivity contribution is 0.112. The first-order chi connectivity index (χ1) is 17.1. The molecule has 1 aromatic carbocycles. The van der Waals surface area contributed by atoms with Crippen molar-refractivity contribution in [1.29, 1.82) is 0 Å². The van der Waals surface area contributed by atoms with Crippen molar-refractivity contribution in [2.24, 2.45) is 29.6 Å². The second kappa shape index (κ2) is 13.5. The summed E-state index contributed by atoms with van der Waals surface area (Å²) < 4.78 is 0. The van der Waals surface area contributed by atoms with E-state index in [-0.39, 0.29) is 6.61 Å². The summed E-state index contributed by atoms with van der Waals surface area (Å²) in [6.45, 7) is 8.94. The smallest absolute Gasteiger partial charge is 0.0641 e. The topological polar surface area (TPSA) is 20.2 Å². The number of hydrogen-bond acceptors (Lipinski definition) is 1. The van der Waals surface area contributed by atoms with Gasteiger partial charge in [0.2, 0.25) is 0 Å². The Morgan fingerprint density at radius 2 is 1.31 bits per heavy atom. The van der Waals surface area contributed by atoms with Gasteiger partial charge in [0, 0.05) is 0 Å². The molecular weight excluding hydrogens is 424 g/mol. The molecule has 1 N–H and O–H groups in total. The maximum absolute atomic E-state index is 9.41. The molecule has 0 spiro atoms. The predicted molar refractivity (Wildman–Crippen MR) is 151 cm³/mol. The van der Waals surface area contributed by atoms with E-state index in [0.29, 0.717) is 5.92 Å². The molecule has 0 radical (unpaired) electrons. The molecule has 3 saturated carbocycles. The Kier molecular flexibility index (Phi) is 10.4. The van der Waals surface area contributed by atoms with E-state index in [1.54, 1.807) is 16.7 Å². The molecule has 0 heterocycles. The Labute approximate surface area is 217 Å². The number of rotatable bonds is 10. The van der Waals surface area contributed by atoms with E-state index >= 15 is 0 Å². The van der Waals surface area contributed by atoms with Gasteiger partial charge in [-0.2, -0.15) is 0 Å². The van der Waals surface area contributed by atoms with Crippen LogP contribution in [0.2, 0.25) is 0 Å². The van der Waals surface area contributed by atoms with Crippen molar-refractivity contribution in [3.63, 3.8) is 0 Å². The van der Waals surface area contributed by atoms with E-state index in [9.17, 15) is 5.11 Å². The molecule has 0 amide bonds. The summed E-state index contributed by atoms with van der Waals surface area (Å²) in [4.78, 5) is 0. The largest absolute Gasteiger partial charge is 0.392 e. The molecule has 0 aliphatic heterocycles. The molecule has 1 nitrogen and oxygen atoms in total. The molecular formula is C34H54O. The van der Waals surface area contributed by atoms with Gasteiger partial charge in [-0.15, -0.1) is 0 Å². The molecule has 3 aliphatic carbocycles. The molecule has 4 rings (SSSR count). The highest BCUT2D eigenvalue weighted by atomic mass is 16.3. The zero-order chi connectivity index (χ0) is 24.6. The summed E-state index contributed by atoms with van der Waals surface area (Å²) in [5.41, 5.74) is 5.97. The summed E-state index contributed by atoms with van der Waals surface area (Å²) in [6.07, 6.45) is 23.5. The van der Waals surface area contributed by atoms with Crippen molar-refractivity contribution in [2.45, 2.75) is 129 Å². The van der Waals surface area contributed by atoms with Crippen LogP contribution in [-0.4, -0.2) is 11.7 Å². The van der Waals surface area contributed by atoms with Crippen LogP contribution in [0, 0.1) is 29.6 Å². The van der Waals surface area contributed by atoms with Crippen molar-refractivity contribution in [3.05, 3.63) is 47.0 Å². The van der Waals surface area contributed by atoms with Crippen molar-refractivity contribution in [1.82, 2.24) is 0 Å². The van der Waals surface area contributed by atoms with Gasteiger partial charge in [-0.05, 0) is 154 Å². The zero-order valence-corrected chi connectivity index (χ0v) is 23.1. The molecule has 0 bridgehead atoms. The fourth-order valence-electron chi connectivity index (χ4n) is 8.22. The first-order valence-electron chi connectivity index (χ1n) is 15.5. The lowest BCUT2D eigenvalue weighted by Gasteiger charge is -2.41. The van der Waals surface area contributed by atoms with E-state index in [1.807, 2.05) is 0 Å². The van der Waals surface area contributed by atoms with Gasteiger partial charge in [-0.3, -0.25) is 0 Å². The first kappa shape index (κ1) is 27.0. The average molecular weight is 479 g/mol. The molecule has 1 heteroatoms.